The number of rotatable bonds is 12. The first-order valence-electron chi connectivity index (χ1n) is 28.6. The molecule has 0 aliphatic heterocycles. The van der Waals surface area contributed by atoms with E-state index in [1.807, 2.05) is 49.4 Å². The summed E-state index contributed by atoms with van der Waals surface area (Å²) in [5.41, 5.74) is 20.3. The van der Waals surface area contributed by atoms with Crippen molar-refractivity contribution in [3.8, 4) is 67.9 Å². The number of ether oxygens (including phenoxy) is 1. The Morgan fingerprint density at radius 2 is 0.940 bits per heavy atom. The molecule has 0 unspecified atom stereocenters. The van der Waals surface area contributed by atoms with E-state index in [0.29, 0.717) is 39.8 Å². The van der Waals surface area contributed by atoms with E-state index >= 15 is 0 Å². The molecule has 0 N–H and O–H groups in total. The molecule has 0 aliphatic carbocycles. The van der Waals surface area contributed by atoms with Gasteiger partial charge in [-0.1, -0.05) is 182 Å². The number of para-hydroxylation sites is 5. The molecule has 0 radical (unpaired) electrons. The summed E-state index contributed by atoms with van der Waals surface area (Å²) in [4.78, 5) is 16.1. The number of aromatic nitrogens is 5. The zero-order valence-electron chi connectivity index (χ0n) is 47.9. The van der Waals surface area contributed by atoms with Crippen molar-refractivity contribution >= 4 is 66.1 Å². The van der Waals surface area contributed by atoms with Gasteiger partial charge < -0.3 is 22.7 Å². The second-order valence-corrected chi connectivity index (χ2v) is 22.9. The topological polar surface area (TPSA) is 84.0 Å². The first-order valence-corrected chi connectivity index (χ1v) is 28.6. The molecule has 0 fully saturated rings. The second kappa shape index (κ2) is 21.2. The summed E-state index contributed by atoms with van der Waals surface area (Å²) in [6, 6.07) is 71.2. The van der Waals surface area contributed by atoms with E-state index in [1.54, 1.807) is 0 Å². The van der Waals surface area contributed by atoms with Crippen LogP contribution in [0.2, 0.25) is 0 Å². The van der Waals surface area contributed by atoms with Crippen molar-refractivity contribution in [2.45, 2.75) is 86.0 Å². The molecule has 9 aromatic carbocycles. The number of hydrogen-bond acceptors (Lipinski definition) is 6. The molecule has 14 rings (SSSR count). The Bertz CT molecular complexity index is 4750. The zero-order chi connectivity index (χ0) is 56.1. The smallest absolute Gasteiger partial charge is 0.497 e. The predicted molar refractivity (Wildman–Crippen MR) is 335 cm³/mol. The summed E-state index contributed by atoms with van der Waals surface area (Å²) in [5.74, 6) is 3.10. The Hall–Kier alpha value is -8.84. The third-order valence-electron chi connectivity index (χ3n) is 16.2. The number of furan rings is 2. The molecule has 0 saturated carbocycles. The van der Waals surface area contributed by atoms with Crippen LogP contribution in [0, 0.1) is 19.1 Å². The minimum Gasteiger partial charge on any atom is -0.497 e. The summed E-state index contributed by atoms with van der Waals surface area (Å²) in [6.07, 6.45) is 0. The van der Waals surface area contributed by atoms with E-state index in [0.717, 1.165) is 77.7 Å². The van der Waals surface area contributed by atoms with E-state index < -0.39 is 0 Å². The average molecular weight is 1260 g/mol. The van der Waals surface area contributed by atoms with Gasteiger partial charge in [0.1, 0.15) is 11.2 Å². The molecule has 83 heavy (non-hydrogen) atoms. The Labute approximate surface area is 497 Å². The number of benzene rings is 9. The van der Waals surface area contributed by atoms with Gasteiger partial charge in [-0.05, 0) is 135 Å². The van der Waals surface area contributed by atoms with Gasteiger partial charge in [0.05, 0.1) is 55.8 Å². The van der Waals surface area contributed by atoms with E-state index in [1.165, 1.54) is 44.5 Å². The fraction of sp³-hybridized carbons (Fsp3) is 0.176. The van der Waals surface area contributed by atoms with E-state index in [2.05, 4.69) is 216 Å². The maximum Gasteiger partial charge on any atom is 2.00 e. The molecule has 5 heterocycles. The fourth-order valence-electron chi connectivity index (χ4n) is 12.2. The van der Waals surface area contributed by atoms with Gasteiger partial charge in [-0.3, -0.25) is 9.97 Å². The number of hydrogen-bond donors (Lipinski definition) is 0. The van der Waals surface area contributed by atoms with Crippen LogP contribution >= 0.6 is 0 Å². The van der Waals surface area contributed by atoms with Crippen LogP contribution in [0.25, 0.3) is 122 Å². The van der Waals surface area contributed by atoms with E-state index in [-0.39, 0.29) is 44.7 Å². The van der Waals surface area contributed by atoms with Crippen LogP contribution in [0.1, 0.15) is 107 Å². The van der Waals surface area contributed by atoms with Crippen LogP contribution < -0.4 is 4.74 Å². The Kier molecular flexibility index (Phi) is 13.6. The molecule has 8 nitrogen and oxygen atoms in total. The third-order valence-corrected chi connectivity index (χ3v) is 16.2. The van der Waals surface area contributed by atoms with Crippen molar-refractivity contribution < 1.29 is 34.6 Å². The van der Waals surface area contributed by atoms with Gasteiger partial charge in [0.25, 0.3) is 0 Å². The molecule has 410 valence electrons. The first kappa shape index (κ1) is 53.5. The fourth-order valence-corrected chi connectivity index (χ4v) is 12.2. The maximum atomic E-state index is 7.16. The Morgan fingerprint density at radius 1 is 0.434 bits per heavy atom. The molecule has 0 aliphatic rings. The Morgan fingerprint density at radius 3 is 1.51 bits per heavy atom. The molecule has 14 aromatic rings. The molecule has 0 amide bonds. The minimum atomic E-state index is 0. The third kappa shape index (κ3) is 9.06. The summed E-state index contributed by atoms with van der Waals surface area (Å²) in [5, 5.41) is 3.45. The normalized spacial score (nSPS) is 12.0. The van der Waals surface area contributed by atoms with Crippen LogP contribution in [-0.2, 0) is 21.1 Å². The van der Waals surface area contributed by atoms with Crippen LogP contribution in [-0.4, -0.2) is 24.1 Å². The summed E-state index contributed by atoms with van der Waals surface area (Å²) in [7, 11) is 0. The first-order chi connectivity index (χ1) is 39.9. The van der Waals surface area contributed by atoms with Gasteiger partial charge >= 0.3 is 21.1 Å². The summed E-state index contributed by atoms with van der Waals surface area (Å²) in [6.45, 7) is 20.2. The summed E-state index contributed by atoms with van der Waals surface area (Å²) < 4.78 is 25.7. The number of nitrogens with zero attached hydrogens (tertiary/aromatic N) is 5. The van der Waals surface area contributed by atoms with Crippen LogP contribution in [0.5, 0.6) is 11.5 Å². The molecule has 0 saturated heterocycles. The van der Waals surface area contributed by atoms with E-state index in [4.69, 9.17) is 28.5 Å². The molecule has 9 heteroatoms. The average Bonchev–Trinajstić information content (AvgIpc) is 1.94. The van der Waals surface area contributed by atoms with Gasteiger partial charge in [0.15, 0.2) is 0 Å². The van der Waals surface area contributed by atoms with Crippen molar-refractivity contribution in [1.29, 1.82) is 0 Å². The largest absolute Gasteiger partial charge is 2.00 e. The van der Waals surface area contributed by atoms with Crippen LogP contribution in [0.4, 0.5) is 0 Å². The predicted octanol–water partition coefficient (Wildman–Crippen LogP) is 20.4. The van der Waals surface area contributed by atoms with E-state index in [9.17, 15) is 0 Å². The quantitative estimate of drug-likeness (QED) is 0.113. The molecule has 0 spiro atoms. The molecule has 0 bridgehead atoms. The van der Waals surface area contributed by atoms with Crippen molar-refractivity contribution in [3.05, 3.63) is 222 Å². The van der Waals surface area contributed by atoms with Crippen LogP contribution in [0.3, 0.4) is 0 Å². The monoisotopic (exact) mass is 1260 g/mol. The standard InChI is InChI=1S/C74H61N5O3.Pt/c1-42(2)55-36-50(47-23-12-10-13-24-47)37-56(43(3)4)68(55)78-63-32-19-17-30-61(63)76-72(78)49-27-22-28-52(35-49)80-53-40-59-67-71-66(54-29-16-21-34-65(54)81-71)46(9)75-74(67)82-70(59)60(41-53)73-77-62-31-18-20-33-64(62)79(73)69-57(44(5)6)38-51(39-58(69)45(7)8)48-25-14-11-15-26-48;/h10-34,36-40,42-45H,1-9H3;/q-2;+2. The van der Waals surface area contributed by atoms with Crippen molar-refractivity contribution in [1.82, 2.24) is 24.1 Å². The Balaban J connectivity index is 0.00000645. The number of aryl methyl sites for hydroxylation is 1. The minimum absolute atomic E-state index is 0. The van der Waals surface area contributed by atoms with Gasteiger partial charge in [-0.15, -0.1) is 23.8 Å². The summed E-state index contributed by atoms with van der Waals surface area (Å²) >= 11 is 0. The number of imidazole rings is 2. The van der Waals surface area contributed by atoms with Gasteiger partial charge in [-0.2, -0.15) is 0 Å². The molecular weight excluding hydrogens is 1200 g/mol. The van der Waals surface area contributed by atoms with Gasteiger partial charge in [0.2, 0.25) is 5.71 Å². The van der Waals surface area contributed by atoms with Gasteiger partial charge in [-0.25, -0.2) is 4.98 Å². The maximum absolute atomic E-state index is 7.16. The van der Waals surface area contributed by atoms with Crippen molar-refractivity contribution in [3.63, 3.8) is 0 Å². The number of fused-ring (bicyclic) bond motifs is 9. The van der Waals surface area contributed by atoms with Crippen molar-refractivity contribution in [2.24, 2.45) is 0 Å². The SMILES string of the molecule is Cc1nc2oc3c(-c4nc5ccccc5n4-c4c(C(C)C)cc(-c5ccccc5)cc4C(C)C)[c-]c(Oc4[c-]c(-c5nc6ccccc6n5-c5c(C(C)C)cc(-c6ccccc6)cc5C(C)C)ccc4)cc3c2c2oc3ccccc3c12.[Pt+2]. The molecule has 5 aromatic heterocycles. The number of pyridine rings is 1. The van der Waals surface area contributed by atoms with Crippen LogP contribution in [0.15, 0.2) is 191 Å². The molecular formula is C74H61N5O3Pt. The van der Waals surface area contributed by atoms with Gasteiger partial charge in [0, 0.05) is 28.3 Å². The van der Waals surface area contributed by atoms with Crippen molar-refractivity contribution in [2.75, 3.05) is 0 Å². The second-order valence-electron chi connectivity index (χ2n) is 22.9. The zero-order valence-corrected chi connectivity index (χ0v) is 50.2. The molecule has 0 atom stereocenters.